The van der Waals surface area contributed by atoms with E-state index in [1.165, 1.54) is 34.6 Å². The van der Waals surface area contributed by atoms with Crippen LogP contribution in [0.1, 0.15) is 33.3 Å². The Morgan fingerprint density at radius 2 is 2.00 bits per heavy atom. The molecule has 1 unspecified atom stereocenters. The summed E-state index contributed by atoms with van der Waals surface area (Å²) in [7, 11) is 0. The van der Waals surface area contributed by atoms with Gasteiger partial charge in [0.25, 0.3) is 0 Å². The minimum Gasteiger partial charge on any atom is -0.271 e. The number of hydrogen-bond donors (Lipinski definition) is 2. The second kappa shape index (κ2) is 5.02. The SMILES string of the molecule is NNC(c1ccc(Cl)cc1)c1cc2c(s1)CCC2. The number of rotatable bonds is 3. The van der Waals surface area contributed by atoms with E-state index in [0.29, 0.717) is 0 Å². The molecule has 0 amide bonds. The number of hydrazine groups is 1. The van der Waals surface area contributed by atoms with Crippen LogP contribution < -0.4 is 11.3 Å². The predicted molar refractivity (Wildman–Crippen MR) is 77.0 cm³/mol. The molecular formula is C14H15ClN2S. The minimum absolute atomic E-state index is 0.0675. The molecule has 18 heavy (non-hydrogen) atoms. The lowest BCUT2D eigenvalue weighted by Gasteiger charge is -2.14. The average molecular weight is 279 g/mol. The van der Waals surface area contributed by atoms with Crippen LogP contribution in [0.3, 0.4) is 0 Å². The summed E-state index contributed by atoms with van der Waals surface area (Å²) in [5, 5.41) is 0.753. The third kappa shape index (κ3) is 2.19. The number of fused-ring (bicyclic) bond motifs is 1. The first-order valence-electron chi connectivity index (χ1n) is 6.11. The summed E-state index contributed by atoms with van der Waals surface area (Å²) < 4.78 is 0. The molecule has 94 valence electrons. The Balaban J connectivity index is 1.93. The zero-order valence-electron chi connectivity index (χ0n) is 9.95. The van der Waals surface area contributed by atoms with Crippen molar-refractivity contribution in [3.05, 3.63) is 56.2 Å². The molecule has 0 aliphatic heterocycles. The van der Waals surface area contributed by atoms with Crippen LogP contribution in [0, 0.1) is 0 Å². The lowest BCUT2D eigenvalue weighted by atomic mass is 10.1. The number of thiophene rings is 1. The fourth-order valence-electron chi connectivity index (χ4n) is 2.49. The summed E-state index contributed by atoms with van der Waals surface area (Å²) in [4.78, 5) is 2.82. The van der Waals surface area contributed by atoms with Gasteiger partial charge in [-0.05, 0) is 48.6 Å². The Morgan fingerprint density at radius 3 is 2.67 bits per heavy atom. The van der Waals surface area contributed by atoms with Crippen molar-refractivity contribution in [2.45, 2.75) is 25.3 Å². The summed E-state index contributed by atoms with van der Waals surface area (Å²) in [5.41, 5.74) is 5.57. The molecule has 0 saturated heterocycles. The van der Waals surface area contributed by atoms with Crippen molar-refractivity contribution >= 4 is 22.9 Å². The van der Waals surface area contributed by atoms with Gasteiger partial charge in [0.2, 0.25) is 0 Å². The van der Waals surface area contributed by atoms with E-state index in [1.807, 2.05) is 35.6 Å². The first-order valence-corrected chi connectivity index (χ1v) is 7.30. The summed E-state index contributed by atoms with van der Waals surface area (Å²) in [6.07, 6.45) is 3.73. The normalized spacial score (nSPS) is 15.7. The smallest absolute Gasteiger partial charge is 0.0802 e. The molecule has 1 aliphatic carbocycles. The molecule has 2 aromatic rings. The van der Waals surface area contributed by atoms with E-state index in [4.69, 9.17) is 17.4 Å². The van der Waals surface area contributed by atoms with Gasteiger partial charge in [-0.3, -0.25) is 5.84 Å². The topological polar surface area (TPSA) is 38.0 Å². The van der Waals surface area contributed by atoms with E-state index >= 15 is 0 Å². The quantitative estimate of drug-likeness (QED) is 0.667. The molecule has 1 aliphatic rings. The van der Waals surface area contributed by atoms with Gasteiger partial charge < -0.3 is 0 Å². The molecule has 1 aromatic heterocycles. The number of nitrogens with two attached hydrogens (primary N) is 1. The third-order valence-corrected chi connectivity index (χ3v) is 4.97. The fraction of sp³-hybridized carbons (Fsp3) is 0.286. The van der Waals surface area contributed by atoms with Crippen molar-refractivity contribution in [1.29, 1.82) is 0 Å². The molecule has 1 aromatic carbocycles. The van der Waals surface area contributed by atoms with Crippen molar-refractivity contribution in [2.75, 3.05) is 0 Å². The lowest BCUT2D eigenvalue weighted by Crippen LogP contribution is -2.28. The highest BCUT2D eigenvalue weighted by Gasteiger charge is 2.20. The second-order valence-corrected chi connectivity index (χ2v) is 6.21. The average Bonchev–Trinajstić information content (AvgIpc) is 2.93. The number of benzene rings is 1. The molecule has 0 bridgehead atoms. The monoisotopic (exact) mass is 278 g/mol. The molecule has 3 rings (SSSR count). The van der Waals surface area contributed by atoms with Crippen LogP contribution >= 0.6 is 22.9 Å². The van der Waals surface area contributed by atoms with Crippen LogP contribution in [0.15, 0.2) is 30.3 Å². The lowest BCUT2D eigenvalue weighted by molar-refractivity contribution is 0.646. The first kappa shape index (κ1) is 12.2. The Kier molecular flexibility index (Phi) is 3.39. The zero-order chi connectivity index (χ0) is 12.5. The highest BCUT2D eigenvalue weighted by atomic mass is 35.5. The van der Waals surface area contributed by atoms with Crippen LogP contribution in [0.4, 0.5) is 0 Å². The van der Waals surface area contributed by atoms with Crippen molar-refractivity contribution in [3.63, 3.8) is 0 Å². The van der Waals surface area contributed by atoms with Gasteiger partial charge >= 0.3 is 0 Å². The van der Waals surface area contributed by atoms with Crippen molar-refractivity contribution in [1.82, 2.24) is 5.43 Å². The van der Waals surface area contributed by atoms with Gasteiger partial charge in [-0.1, -0.05) is 23.7 Å². The number of hydrogen-bond acceptors (Lipinski definition) is 3. The van der Waals surface area contributed by atoms with E-state index in [-0.39, 0.29) is 6.04 Å². The maximum Gasteiger partial charge on any atom is 0.0802 e. The van der Waals surface area contributed by atoms with Crippen molar-refractivity contribution in [2.24, 2.45) is 5.84 Å². The third-order valence-electron chi connectivity index (χ3n) is 3.42. The standard InChI is InChI=1S/C14H15ClN2S/c15-11-6-4-9(5-7-11)14(17-16)13-8-10-2-1-3-12(10)18-13/h4-8,14,17H,1-3,16H2. The summed E-state index contributed by atoms with van der Waals surface area (Å²) in [5.74, 6) is 5.72. The van der Waals surface area contributed by atoms with Gasteiger partial charge in [0, 0.05) is 14.8 Å². The molecule has 2 nitrogen and oxygen atoms in total. The maximum atomic E-state index is 5.92. The predicted octanol–water partition coefficient (Wildman–Crippen LogP) is 3.44. The number of halogens is 1. The molecule has 4 heteroatoms. The van der Waals surface area contributed by atoms with Crippen molar-refractivity contribution in [3.8, 4) is 0 Å². The summed E-state index contributed by atoms with van der Waals surface area (Å²) >= 11 is 7.80. The Labute approximate surface area is 116 Å². The summed E-state index contributed by atoms with van der Waals surface area (Å²) in [6, 6.07) is 10.2. The highest BCUT2D eigenvalue weighted by Crippen LogP contribution is 2.35. The van der Waals surface area contributed by atoms with Gasteiger partial charge in [0.1, 0.15) is 0 Å². The molecule has 1 heterocycles. The van der Waals surface area contributed by atoms with Crippen molar-refractivity contribution < 1.29 is 0 Å². The van der Waals surface area contributed by atoms with E-state index in [2.05, 4.69) is 11.5 Å². The van der Waals surface area contributed by atoms with E-state index in [1.54, 1.807) is 0 Å². The fourth-order valence-corrected chi connectivity index (χ4v) is 3.96. The zero-order valence-corrected chi connectivity index (χ0v) is 11.5. The van der Waals surface area contributed by atoms with Crippen LogP contribution in [0.5, 0.6) is 0 Å². The Morgan fingerprint density at radius 1 is 1.22 bits per heavy atom. The molecule has 0 spiro atoms. The number of aryl methyl sites for hydroxylation is 2. The van der Waals surface area contributed by atoms with E-state index < -0.39 is 0 Å². The second-order valence-electron chi connectivity index (χ2n) is 4.60. The van der Waals surface area contributed by atoms with Crippen LogP contribution in [-0.4, -0.2) is 0 Å². The Hall–Kier alpha value is -0.870. The molecular weight excluding hydrogens is 264 g/mol. The first-order chi connectivity index (χ1) is 8.78. The molecule has 0 saturated carbocycles. The maximum absolute atomic E-state index is 5.92. The molecule has 3 N–H and O–H groups in total. The largest absolute Gasteiger partial charge is 0.271 e. The van der Waals surface area contributed by atoms with Crippen LogP contribution in [-0.2, 0) is 12.8 Å². The highest BCUT2D eigenvalue weighted by molar-refractivity contribution is 7.12. The molecule has 0 radical (unpaired) electrons. The van der Waals surface area contributed by atoms with E-state index in [9.17, 15) is 0 Å². The minimum atomic E-state index is 0.0675. The van der Waals surface area contributed by atoms with E-state index in [0.717, 1.165) is 10.6 Å². The van der Waals surface area contributed by atoms with Gasteiger partial charge in [0.05, 0.1) is 6.04 Å². The van der Waals surface area contributed by atoms with Gasteiger partial charge in [0.15, 0.2) is 0 Å². The number of nitrogens with one attached hydrogen (secondary N) is 1. The Bertz CT molecular complexity index is 526. The van der Waals surface area contributed by atoms with Crippen LogP contribution in [0.2, 0.25) is 5.02 Å². The van der Waals surface area contributed by atoms with Gasteiger partial charge in [-0.2, -0.15) is 0 Å². The van der Waals surface area contributed by atoms with Gasteiger partial charge in [-0.25, -0.2) is 5.43 Å². The molecule has 1 atom stereocenters. The van der Waals surface area contributed by atoms with Gasteiger partial charge in [-0.15, -0.1) is 11.3 Å². The molecule has 0 fully saturated rings. The van der Waals surface area contributed by atoms with Crippen LogP contribution in [0.25, 0.3) is 0 Å². The summed E-state index contributed by atoms with van der Waals surface area (Å²) in [6.45, 7) is 0.